The number of rotatable bonds is 4. The van der Waals surface area contributed by atoms with E-state index in [4.69, 9.17) is 4.74 Å². The first kappa shape index (κ1) is 15.1. The quantitative estimate of drug-likeness (QED) is 0.574. The smallest absolute Gasteiger partial charge is 0.221 e. The van der Waals surface area contributed by atoms with E-state index in [0.717, 1.165) is 22.5 Å². The minimum atomic E-state index is 0.484. The van der Waals surface area contributed by atoms with E-state index in [-0.39, 0.29) is 0 Å². The van der Waals surface area contributed by atoms with Crippen LogP contribution in [0.5, 0.6) is 11.8 Å². The number of hydrogen-bond donors (Lipinski definition) is 0. The van der Waals surface area contributed by atoms with Crippen LogP contribution in [0.4, 0.5) is 0 Å². The predicted molar refractivity (Wildman–Crippen MR) is 93.0 cm³/mol. The summed E-state index contributed by atoms with van der Waals surface area (Å²) in [6.45, 7) is 0. The van der Waals surface area contributed by atoms with Gasteiger partial charge in [-0.3, -0.25) is 9.36 Å². The van der Waals surface area contributed by atoms with Crippen molar-refractivity contribution < 1.29 is 4.74 Å². The van der Waals surface area contributed by atoms with Gasteiger partial charge in [-0.2, -0.15) is 10.2 Å². The van der Waals surface area contributed by atoms with Crippen LogP contribution in [0.15, 0.2) is 61.2 Å². The van der Waals surface area contributed by atoms with Gasteiger partial charge in [-0.1, -0.05) is 12.1 Å². The normalized spacial score (nSPS) is 10.8. The zero-order valence-electron chi connectivity index (χ0n) is 13.9. The minimum absolute atomic E-state index is 0.484. The molecule has 0 N–H and O–H groups in total. The summed E-state index contributed by atoms with van der Waals surface area (Å²) in [4.78, 5) is 9.05. The highest BCUT2D eigenvalue weighted by Crippen LogP contribution is 2.24. The van der Waals surface area contributed by atoms with Crippen molar-refractivity contribution in [3.8, 4) is 34.3 Å². The lowest BCUT2D eigenvalue weighted by molar-refractivity contribution is 0.446. The highest BCUT2D eigenvalue weighted by molar-refractivity contribution is 5.58. The maximum atomic E-state index is 5.84. The summed E-state index contributed by atoms with van der Waals surface area (Å²) in [5, 5.41) is 8.34. The number of pyridine rings is 2. The molecular formula is C18H16N6O. The van der Waals surface area contributed by atoms with Crippen LogP contribution >= 0.6 is 0 Å². The molecule has 0 aliphatic heterocycles. The van der Waals surface area contributed by atoms with Crippen LogP contribution < -0.4 is 4.74 Å². The van der Waals surface area contributed by atoms with Gasteiger partial charge in [0.25, 0.3) is 0 Å². The molecule has 4 rings (SSSR count). The molecule has 0 aliphatic rings. The average molecular weight is 332 g/mol. The van der Waals surface area contributed by atoms with E-state index in [9.17, 15) is 0 Å². The van der Waals surface area contributed by atoms with Crippen molar-refractivity contribution in [1.29, 1.82) is 0 Å². The fourth-order valence-corrected chi connectivity index (χ4v) is 2.48. The molecule has 4 heterocycles. The van der Waals surface area contributed by atoms with Gasteiger partial charge < -0.3 is 4.74 Å². The van der Waals surface area contributed by atoms with Crippen molar-refractivity contribution in [3.63, 3.8) is 0 Å². The van der Waals surface area contributed by atoms with Gasteiger partial charge >= 0.3 is 0 Å². The molecule has 7 heteroatoms. The van der Waals surface area contributed by atoms with Crippen molar-refractivity contribution in [2.24, 2.45) is 14.1 Å². The Morgan fingerprint density at radius 1 is 0.720 bits per heavy atom. The molecular weight excluding hydrogens is 316 g/mol. The summed E-state index contributed by atoms with van der Waals surface area (Å²) in [6.07, 6.45) is 7.36. The molecule has 4 aromatic heterocycles. The Hall–Kier alpha value is -3.48. The fourth-order valence-electron chi connectivity index (χ4n) is 2.48. The fraction of sp³-hybridized carbons (Fsp3) is 0.111. The molecule has 0 aromatic carbocycles. The van der Waals surface area contributed by atoms with E-state index in [1.165, 1.54) is 0 Å². The number of nitrogens with zero attached hydrogens (tertiary/aromatic N) is 6. The molecule has 0 saturated heterocycles. The van der Waals surface area contributed by atoms with Crippen molar-refractivity contribution in [2.75, 3.05) is 0 Å². The molecule has 0 aliphatic carbocycles. The van der Waals surface area contributed by atoms with Crippen LogP contribution in [-0.2, 0) is 14.1 Å². The second-order valence-corrected chi connectivity index (χ2v) is 5.63. The number of ether oxygens (including phenoxy) is 1. The van der Waals surface area contributed by atoms with Gasteiger partial charge in [-0.25, -0.2) is 9.97 Å². The molecule has 0 atom stereocenters. The Labute approximate surface area is 144 Å². The Morgan fingerprint density at radius 3 is 1.60 bits per heavy atom. The van der Waals surface area contributed by atoms with Gasteiger partial charge in [0.05, 0.1) is 23.8 Å². The van der Waals surface area contributed by atoms with Gasteiger partial charge in [-0.15, -0.1) is 0 Å². The molecule has 0 fully saturated rings. The summed E-state index contributed by atoms with van der Waals surface area (Å²) in [5.41, 5.74) is 3.47. The van der Waals surface area contributed by atoms with Crippen LogP contribution in [0.25, 0.3) is 22.5 Å². The highest BCUT2D eigenvalue weighted by Gasteiger charge is 2.07. The maximum absolute atomic E-state index is 5.84. The van der Waals surface area contributed by atoms with Crippen molar-refractivity contribution in [2.45, 2.75) is 0 Å². The van der Waals surface area contributed by atoms with Crippen LogP contribution in [0, 0.1) is 0 Å². The molecule has 0 saturated carbocycles. The van der Waals surface area contributed by atoms with E-state index >= 15 is 0 Å². The van der Waals surface area contributed by atoms with Gasteiger partial charge in [0, 0.05) is 49.7 Å². The SMILES string of the molecule is Cn1cc(-c2cccc(Oc3cccc(-c4cnn(C)c4)n3)n2)cn1. The van der Waals surface area contributed by atoms with Crippen LogP contribution in [0.1, 0.15) is 0 Å². The summed E-state index contributed by atoms with van der Waals surface area (Å²) in [6, 6.07) is 11.2. The molecule has 124 valence electrons. The Morgan fingerprint density at radius 2 is 1.20 bits per heavy atom. The summed E-state index contributed by atoms with van der Waals surface area (Å²) in [5.74, 6) is 0.967. The van der Waals surface area contributed by atoms with Crippen molar-refractivity contribution >= 4 is 0 Å². The lowest BCUT2D eigenvalue weighted by Gasteiger charge is -2.06. The predicted octanol–water partition coefficient (Wildman–Crippen LogP) is 3.07. The molecule has 0 spiro atoms. The molecule has 0 unspecified atom stereocenters. The van der Waals surface area contributed by atoms with Crippen LogP contribution in [0.2, 0.25) is 0 Å². The highest BCUT2D eigenvalue weighted by atomic mass is 16.5. The maximum Gasteiger partial charge on any atom is 0.221 e. The standard InChI is InChI=1S/C18H16N6O/c1-23-11-13(9-19-23)15-5-3-7-17(21-15)25-18-8-4-6-16(22-18)14-10-20-24(2)12-14/h3-12H,1-2H3. The lowest BCUT2D eigenvalue weighted by atomic mass is 10.2. The molecule has 25 heavy (non-hydrogen) atoms. The van der Waals surface area contributed by atoms with E-state index in [1.54, 1.807) is 33.9 Å². The average Bonchev–Trinajstić information content (AvgIpc) is 3.24. The topological polar surface area (TPSA) is 70.7 Å². The van der Waals surface area contributed by atoms with Crippen molar-refractivity contribution in [1.82, 2.24) is 29.5 Å². The first-order valence-electron chi connectivity index (χ1n) is 7.77. The monoisotopic (exact) mass is 332 g/mol. The van der Waals surface area contributed by atoms with Crippen LogP contribution in [0.3, 0.4) is 0 Å². The van der Waals surface area contributed by atoms with Crippen molar-refractivity contribution in [3.05, 3.63) is 61.2 Å². The van der Waals surface area contributed by atoms with Gasteiger partial charge in [0.2, 0.25) is 11.8 Å². The minimum Gasteiger partial charge on any atom is -0.421 e. The van der Waals surface area contributed by atoms with E-state index in [1.807, 2.05) is 50.8 Å². The zero-order valence-corrected chi connectivity index (χ0v) is 13.9. The molecule has 0 amide bonds. The summed E-state index contributed by atoms with van der Waals surface area (Å²) < 4.78 is 9.32. The molecule has 7 nitrogen and oxygen atoms in total. The number of aryl methyl sites for hydroxylation is 2. The van der Waals surface area contributed by atoms with Crippen LogP contribution in [-0.4, -0.2) is 29.5 Å². The van der Waals surface area contributed by atoms with E-state index < -0.39 is 0 Å². The lowest BCUT2D eigenvalue weighted by Crippen LogP contribution is -1.93. The Balaban J connectivity index is 1.60. The second kappa shape index (κ2) is 6.20. The molecule has 4 aromatic rings. The number of hydrogen-bond acceptors (Lipinski definition) is 5. The third kappa shape index (κ3) is 3.25. The van der Waals surface area contributed by atoms with E-state index in [0.29, 0.717) is 11.8 Å². The summed E-state index contributed by atoms with van der Waals surface area (Å²) >= 11 is 0. The number of aromatic nitrogens is 6. The van der Waals surface area contributed by atoms with Gasteiger partial charge in [0.15, 0.2) is 0 Å². The first-order chi connectivity index (χ1) is 12.2. The summed E-state index contributed by atoms with van der Waals surface area (Å²) in [7, 11) is 3.75. The second-order valence-electron chi connectivity index (χ2n) is 5.63. The third-order valence-electron chi connectivity index (χ3n) is 3.66. The van der Waals surface area contributed by atoms with E-state index in [2.05, 4.69) is 20.2 Å². The zero-order chi connectivity index (χ0) is 17.2. The molecule has 0 bridgehead atoms. The van der Waals surface area contributed by atoms with Gasteiger partial charge in [-0.05, 0) is 12.1 Å². The van der Waals surface area contributed by atoms with Gasteiger partial charge in [0.1, 0.15) is 0 Å². The Kier molecular flexibility index (Phi) is 3.74. The molecule has 0 radical (unpaired) electrons. The Bertz CT molecular complexity index is 938. The third-order valence-corrected chi connectivity index (χ3v) is 3.66. The first-order valence-corrected chi connectivity index (χ1v) is 7.77. The largest absolute Gasteiger partial charge is 0.421 e.